The molecule has 10 heteroatoms. The molecule has 0 aliphatic heterocycles. The van der Waals surface area contributed by atoms with Crippen molar-refractivity contribution in [3.05, 3.63) is 0 Å². The molecule has 0 aliphatic carbocycles. The Morgan fingerprint density at radius 2 is 1.60 bits per heavy atom. The number of likely N-dealkylation sites (N-methyl/N-ethyl adjacent to an activating group) is 1. The standard InChI is InChI=1S/C5H10N2O3.C5H9NO4/c6-3(5(9)10)1-2-4(7)8;1-6-3(5(9)10)2-4(7)8/h3H,1-2,6H2,(H2,7,8)(H,9,10);3,6H,2H2,1H3,(H,7,8)(H,9,10)/t2*3-/m01/s1. The van der Waals surface area contributed by atoms with Crippen molar-refractivity contribution < 1.29 is 34.5 Å². The van der Waals surface area contributed by atoms with E-state index in [4.69, 9.17) is 26.8 Å². The molecule has 0 unspecified atom stereocenters. The predicted octanol–water partition coefficient (Wildman–Crippen LogP) is -2.20. The molecule has 0 spiro atoms. The van der Waals surface area contributed by atoms with Gasteiger partial charge in [-0.25, -0.2) is 0 Å². The van der Waals surface area contributed by atoms with Crippen molar-refractivity contribution in [2.24, 2.45) is 11.5 Å². The monoisotopic (exact) mass is 293 g/mol. The van der Waals surface area contributed by atoms with Crippen LogP contribution < -0.4 is 16.8 Å². The summed E-state index contributed by atoms with van der Waals surface area (Å²) in [6.45, 7) is 0. The van der Waals surface area contributed by atoms with Gasteiger partial charge in [-0.3, -0.25) is 19.2 Å². The lowest BCUT2D eigenvalue weighted by Crippen LogP contribution is -2.35. The number of hydrogen-bond donors (Lipinski definition) is 6. The van der Waals surface area contributed by atoms with Crippen LogP contribution in [0.25, 0.3) is 0 Å². The van der Waals surface area contributed by atoms with Crippen LogP contribution in [-0.4, -0.2) is 58.3 Å². The van der Waals surface area contributed by atoms with Gasteiger partial charge in [0.05, 0.1) is 6.42 Å². The third-order valence-corrected chi connectivity index (χ3v) is 2.04. The summed E-state index contributed by atoms with van der Waals surface area (Å²) < 4.78 is 0. The van der Waals surface area contributed by atoms with Gasteiger partial charge in [-0.15, -0.1) is 0 Å². The number of rotatable bonds is 8. The number of carbonyl (C=O) groups excluding carboxylic acids is 1. The summed E-state index contributed by atoms with van der Waals surface area (Å²) in [5, 5.41) is 27.0. The topological polar surface area (TPSA) is 193 Å². The third kappa shape index (κ3) is 12.3. The van der Waals surface area contributed by atoms with Gasteiger partial charge >= 0.3 is 17.9 Å². The summed E-state index contributed by atoms with van der Waals surface area (Å²) in [4.78, 5) is 40.2. The maximum absolute atomic E-state index is 10.1. The van der Waals surface area contributed by atoms with Crippen LogP contribution in [0.2, 0.25) is 0 Å². The highest BCUT2D eigenvalue weighted by Crippen LogP contribution is 1.92. The molecular formula is C10H19N3O7. The highest BCUT2D eigenvalue weighted by Gasteiger charge is 2.17. The zero-order valence-electron chi connectivity index (χ0n) is 10.9. The third-order valence-electron chi connectivity index (χ3n) is 2.04. The van der Waals surface area contributed by atoms with E-state index in [1.54, 1.807) is 0 Å². The maximum atomic E-state index is 10.1. The first kappa shape index (κ1) is 20.1. The van der Waals surface area contributed by atoms with Crippen molar-refractivity contribution >= 4 is 23.8 Å². The van der Waals surface area contributed by atoms with Crippen molar-refractivity contribution in [3.8, 4) is 0 Å². The Hall–Kier alpha value is -2.20. The first-order valence-corrected chi connectivity index (χ1v) is 5.50. The fraction of sp³-hybridized carbons (Fsp3) is 0.600. The molecule has 0 aromatic rings. The fourth-order valence-electron chi connectivity index (χ4n) is 0.909. The Morgan fingerprint density at radius 1 is 1.10 bits per heavy atom. The molecule has 0 aromatic heterocycles. The zero-order chi connectivity index (χ0) is 16.3. The summed E-state index contributed by atoms with van der Waals surface area (Å²) in [7, 11) is 1.40. The second-order valence-corrected chi connectivity index (χ2v) is 3.73. The van der Waals surface area contributed by atoms with E-state index in [2.05, 4.69) is 5.32 Å². The Kier molecular flexibility index (Phi) is 10.8. The van der Waals surface area contributed by atoms with Gasteiger partial charge in [-0.05, 0) is 13.5 Å². The van der Waals surface area contributed by atoms with Gasteiger partial charge in [-0.1, -0.05) is 0 Å². The molecular weight excluding hydrogens is 274 g/mol. The van der Waals surface area contributed by atoms with Crippen molar-refractivity contribution in [1.29, 1.82) is 0 Å². The summed E-state index contributed by atoms with van der Waals surface area (Å²) in [6, 6.07) is -1.97. The van der Waals surface area contributed by atoms with Crippen molar-refractivity contribution in [2.45, 2.75) is 31.3 Å². The number of nitrogens with one attached hydrogen (secondary N) is 1. The maximum Gasteiger partial charge on any atom is 0.321 e. The van der Waals surface area contributed by atoms with E-state index >= 15 is 0 Å². The van der Waals surface area contributed by atoms with Gasteiger partial charge in [0.1, 0.15) is 12.1 Å². The summed E-state index contributed by atoms with van der Waals surface area (Å²) >= 11 is 0. The molecule has 0 fully saturated rings. The van der Waals surface area contributed by atoms with Crippen LogP contribution in [0.3, 0.4) is 0 Å². The van der Waals surface area contributed by atoms with E-state index in [-0.39, 0.29) is 12.8 Å². The second kappa shape index (κ2) is 10.7. The molecule has 116 valence electrons. The highest BCUT2D eigenvalue weighted by atomic mass is 16.4. The Morgan fingerprint density at radius 3 is 1.80 bits per heavy atom. The summed E-state index contributed by atoms with van der Waals surface area (Å²) in [5.74, 6) is -3.91. The van der Waals surface area contributed by atoms with Crippen molar-refractivity contribution in [1.82, 2.24) is 5.32 Å². The normalized spacial score (nSPS) is 12.5. The van der Waals surface area contributed by atoms with Gasteiger partial charge in [-0.2, -0.15) is 0 Å². The van der Waals surface area contributed by atoms with Crippen molar-refractivity contribution in [3.63, 3.8) is 0 Å². The van der Waals surface area contributed by atoms with E-state index in [0.717, 1.165) is 0 Å². The minimum atomic E-state index is -1.15. The molecule has 0 bridgehead atoms. The number of hydrogen-bond acceptors (Lipinski definition) is 6. The van der Waals surface area contributed by atoms with Gasteiger partial charge in [0.25, 0.3) is 0 Å². The number of carbonyl (C=O) groups is 4. The summed E-state index contributed by atoms with van der Waals surface area (Å²) in [6.07, 6.45) is -0.274. The van der Waals surface area contributed by atoms with Crippen LogP contribution in [0, 0.1) is 0 Å². The minimum absolute atomic E-state index is 0.0213. The molecule has 1 amide bonds. The lowest BCUT2D eigenvalue weighted by Gasteiger charge is -2.06. The second-order valence-electron chi connectivity index (χ2n) is 3.73. The highest BCUT2D eigenvalue weighted by molar-refractivity contribution is 5.80. The number of aliphatic carboxylic acids is 3. The first-order valence-electron chi connectivity index (χ1n) is 5.50. The average molecular weight is 293 g/mol. The lowest BCUT2D eigenvalue weighted by molar-refractivity contribution is -0.145. The van der Waals surface area contributed by atoms with Gasteiger partial charge in [0, 0.05) is 6.42 Å². The Labute approximate surface area is 114 Å². The van der Waals surface area contributed by atoms with Crippen LogP contribution in [-0.2, 0) is 19.2 Å². The Bertz CT molecular complexity index is 359. The predicted molar refractivity (Wildman–Crippen MR) is 66.8 cm³/mol. The van der Waals surface area contributed by atoms with E-state index < -0.39 is 42.3 Å². The molecule has 10 nitrogen and oxygen atoms in total. The smallest absolute Gasteiger partial charge is 0.321 e. The molecule has 0 heterocycles. The molecule has 0 saturated heterocycles. The molecule has 0 saturated carbocycles. The molecule has 0 rings (SSSR count). The first-order chi connectivity index (χ1) is 9.11. The van der Waals surface area contributed by atoms with Gasteiger partial charge in [0.15, 0.2) is 0 Å². The fourth-order valence-corrected chi connectivity index (χ4v) is 0.909. The average Bonchev–Trinajstić information content (AvgIpc) is 2.32. The molecule has 2 atom stereocenters. The molecule has 20 heavy (non-hydrogen) atoms. The van der Waals surface area contributed by atoms with E-state index in [1.807, 2.05) is 0 Å². The van der Waals surface area contributed by atoms with Gasteiger partial charge in [0.2, 0.25) is 5.91 Å². The zero-order valence-corrected chi connectivity index (χ0v) is 10.9. The number of primary amides is 1. The van der Waals surface area contributed by atoms with Crippen LogP contribution >= 0.6 is 0 Å². The minimum Gasteiger partial charge on any atom is -0.481 e. The number of carboxylic acids is 3. The number of nitrogens with two attached hydrogens (primary N) is 2. The van der Waals surface area contributed by atoms with Crippen LogP contribution in [0.1, 0.15) is 19.3 Å². The quantitative estimate of drug-likeness (QED) is 0.288. The van der Waals surface area contributed by atoms with E-state index in [1.165, 1.54) is 7.05 Å². The lowest BCUT2D eigenvalue weighted by atomic mass is 10.2. The molecule has 8 N–H and O–H groups in total. The molecule has 0 aromatic carbocycles. The van der Waals surface area contributed by atoms with E-state index in [9.17, 15) is 19.2 Å². The number of amides is 1. The number of carboxylic acid groups (broad SMARTS) is 3. The van der Waals surface area contributed by atoms with Crippen molar-refractivity contribution in [2.75, 3.05) is 7.05 Å². The van der Waals surface area contributed by atoms with E-state index in [0.29, 0.717) is 0 Å². The summed E-state index contributed by atoms with van der Waals surface area (Å²) in [5.41, 5.74) is 9.81. The van der Waals surface area contributed by atoms with Crippen LogP contribution in [0.4, 0.5) is 0 Å². The SMILES string of the molecule is CN[C@H](CC(=O)O)C(=O)O.NC(=O)CC[C@H](N)C(=O)O. The largest absolute Gasteiger partial charge is 0.481 e. The van der Waals surface area contributed by atoms with Crippen LogP contribution in [0.15, 0.2) is 0 Å². The van der Waals surface area contributed by atoms with Gasteiger partial charge < -0.3 is 32.1 Å². The van der Waals surface area contributed by atoms with Crippen LogP contribution in [0.5, 0.6) is 0 Å². The Balaban J connectivity index is 0. The molecule has 0 aliphatic rings. The molecule has 0 radical (unpaired) electrons.